The van der Waals surface area contributed by atoms with Gasteiger partial charge in [-0.25, -0.2) is 9.97 Å². The van der Waals surface area contributed by atoms with E-state index in [1.54, 1.807) is 0 Å². The highest BCUT2D eigenvalue weighted by Gasteiger charge is 2.39. The van der Waals surface area contributed by atoms with Crippen LogP contribution in [0.25, 0.3) is 11.0 Å². The molecule has 0 radical (unpaired) electrons. The van der Waals surface area contributed by atoms with Crippen LogP contribution in [0.5, 0.6) is 0 Å². The van der Waals surface area contributed by atoms with Gasteiger partial charge in [0, 0.05) is 12.1 Å². The molecule has 5 nitrogen and oxygen atoms in total. The molecule has 0 saturated carbocycles. The van der Waals surface area contributed by atoms with Crippen LogP contribution in [0.15, 0.2) is 12.5 Å². The highest BCUT2D eigenvalue weighted by molar-refractivity contribution is 5.89. The number of hydrogen-bond donors (Lipinski definition) is 1. The van der Waals surface area contributed by atoms with Crippen molar-refractivity contribution in [3.05, 3.63) is 18.1 Å². The lowest BCUT2D eigenvalue weighted by Gasteiger charge is -2.18. The van der Waals surface area contributed by atoms with Crippen LogP contribution in [0.4, 0.5) is 5.82 Å². The summed E-state index contributed by atoms with van der Waals surface area (Å²) in [6.45, 7) is 8.84. The van der Waals surface area contributed by atoms with Crippen LogP contribution in [0.3, 0.4) is 0 Å². The van der Waals surface area contributed by atoms with Gasteiger partial charge in [-0.1, -0.05) is 27.7 Å². The van der Waals surface area contributed by atoms with Crippen LogP contribution in [0.1, 0.15) is 45.9 Å². The number of rotatable bonds is 3. The third-order valence-corrected chi connectivity index (χ3v) is 4.95. The van der Waals surface area contributed by atoms with Crippen molar-refractivity contribution in [1.82, 2.24) is 14.5 Å². The standard InChI is InChI=1S/C16H24N4O/c1-5-11-7-20(15-13(11)14(17)18-8-19-15)16-10(4)9(3)12(6-2)21-16/h7-10,12,16H,5-6H2,1-4H3,(H2,17,18,19). The Morgan fingerprint density at radius 3 is 2.62 bits per heavy atom. The second-order valence-corrected chi connectivity index (χ2v) is 6.06. The number of nitrogens with two attached hydrogens (primary N) is 1. The number of fused-ring (bicyclic) bond motifs is 1. The predicted molar refractivity (Wildman–Crippen MR) is 83.8 cm³/mol. The molecule has 0 aliphatic carbocycles. The third-order valence-electron chi connectivity index (χ3n) is 4.95. The Kier molecular flexibility index (Phi) is 3.61. The number of nitrogens with zero attached hydrogens (tertiary/aromatic N) is 3. The summed E-state index contributed by atoms with van der Waals surface area (Å²) >= 11 is 0. The second kappa shape index (κ2) is 5.30. The van der Waals surface area contributed by atoms with Gasteiger partial charge in [-0.15, -0.1) is 0 Å². The first-order valence-corrected chi connectivity index (χ1v) is 7.83. The summed E-state index contributed by atoms with van der Waals surface area (Å²) in [5.74, 6) is 1.55. The van der Waals surface area contributed by atoms with Crippen LogP contribution in [-0.2, 0) is 11.2 Å². The maximum atomic E-state index is 6.29. The average molecular weight is 288 g/mol. The van der Waals surface area contributed by atoms with Gasteiger partial charge in [0.15, 0.2) is 0 Å². The van der Waals surface area contributed by atoms with Crippen LogP contribution < -0.4 is 5.73 Å². The van der Waals surface area contributed by atoms with E-state index in [4.69, 9.17) is 10.5 Å². The average Bonchev–Trinajstić information content (AvgIpc) is 2.99. The zero-order valence-corrected chi connectivity index (χ0v) is 13.2. The summed E-state index contributed by atoms with van der Waals surface area (Å²) in [5, 5.41) is 0.975. The number of ether oxygens (including phenoxy) is 1. The van der Waals surface area contributed by atoms with Gasteiger partial charge >= 0.3 is 0 Å². The second-order valence-electron chi connectivity index (χ2n) is 6.06. The van der Waals surface area contributed by atoms with Gasteiger partial charge < -0.3 is 15.0 Å². The molecule has 5 heteroatoms. The molecule has 4 atom stereocenters. The summed E-state index contributed by atoms with van der Waals surface area (Å²) in [6, 6.07) is 0. The lowest BCUT2D eigenvalue weighted by Crippen LogP contribution is -2.15. The highest BCUT2D eigenvalue weighted by atomic mass is 16.5. The molecular weight excluding hydrogens is 264 g/mol. The number of nitrogen functional groups attached to an aromatic ring is 1. The van der Waals surface area contributed by atoms with E-state index >= 15 is 0 Å². The monoisotopic (exact) mass is 288 g/mol. The molecule has 3 rings (SSSR count). The molecule has 1 aliphatic heterocycles. The quantitative estimate of drug-likeness (QED) is 0.942. The SMILES string of the molecule is CCc1cn(C2OC(CC)C(C)C2C)c2ncnc(N)c12. The molecule has 114 valence electrons. The van der Waals surface area contributed by atoms with Gasteiger partial charge in [0.1, 0.15) is 24.0 Å². The van der Waals surface area contributed by atoms with Crippen molar-refractivity contribution in [1.29, 1.82) is 0 Å². The van der Waals surface area contributed by atoms with Crippen molar-refractivity contribution >= 4 is 16.9 Å². The zero-order valence-electron chi connectivity index (χ0n) is 13.2. The molecule has 1 aliphatic rings. The minimum absolute atomic E-state index is 0.0297. The third kappa shape index (κ3) is 2.11. The van der Waals surface area contributed by atoms with Gasteiger partial charge in [-0.05, 0) is 24.3 Å². The van der Waals surface area contributed by atoms with Crippen molar-refractivity contribution in [3.8, 4) is 0 Å². The van der Waals surface area contributed by atoms with E-state index in [2.05, 4.69) is 48.4 Å². The molecular formula is C16H24N4O. The molecule has 4 unspecified atom stereocenters. The van der Waals surface area contributed by atoms with Crippen molar-refractivity contribution < 1.29 is 4.74 Å². The Morgan fingerprint density at radius 1 is 1.24 bits per heavy atom. The fourth-order valence-electron chi connectivity index (χ4n) is 3.46. The largest absolute Gasteiger partial charge is 0.383 e. The molecule has 0 bridgehead atoms. The zero-order chi connectivity index (χ0) is 15.1. The first-order chi connectivity index (χ1) is 10.1. The molecule has 2 N–H and O–H groups in total. The molecule has 3 heterocycles. The van der Waals surface area contributed by atoms with Crippen molar-refractivity contribution in [3.63, 3.8) is 0 Å². The Morgan fingerprint density at radius 2 is 2.00 bits per heavy atom. The van der Waals surface area contributed by atoms with E-state index in [9.17, 15) is 0 Å². The van der Waals surface area contributed by atoms with Crippen LogP contribution in [0, 0.1) is 11.8 Å². The van der Waals surface area contributed by atoms with Gasteiger partial charge in [0.2, 0.25) is 0 Å². The lowest BCUT2D eigenvalue weighted by atomic mass is 9.91. The van der Waals surface area contributed by atoms with E-state index in [0.29, 0.717) is 23.8 Å². The molecule has 21 heavy (non-hydrogen) atoms. The topological polar surface area (TPSA) is 66.0 Å². The lowest BCUT2D eigenvalue weighted by molar-refractivity contribution is -0.0117. The number of anilines is 1. The fourth-order valence-corrected chi connectivity index (χ4v) is 3.46. The van der Waals surface area contributed by atoms with E-state index in [0.717, 1.165) is 23.9 Å². The van der Waals surface area contributed by atoms with Gasteiger partial charge in [0.05, 0.1) is 11.5 Å². The summed E-state index contributed by atoms with van der Waals surface area (Å²) in [5.41, 5.74) is 8.13. The van der Waals surface area contributed by atoms with Crippen LogP contribution in [0.2, 0.25) is 0 Å². The minimum atomic E-state index is 0.0297. The van der Waals surface area contributed by atoms with Crippen molar-refractivity contribution in [2.24, 2.45) is 11.8 Å². The highest BCUT2D eigenvalue weighted by Crippen LogP contribution is 2.42. The molecule has 2 aromatic heterocycles. The smallest absolute Gasteiger partial charge is 0.147 e. The number of aromatic nitrogens is 3. The molecule has 0 aromatic carbocycles. The maximum Gasteiger partial charge on any atom is 0.147 e. The Labute approximate surface area is 125 Å². The number of hydrogen-bond acceptors (Lipinski definition) is 4. The van der Waals surface area contributed by atoms with Crippen molar-refractivity contribution in [2.75, 3.05) is 5.73 Å². The first-order valence-electron chi connectivity index (χ1n) is 7.83. The summed E-state index contributed by atoms with van der Waals surface area (Å²) in [7, 11) is 0. The fraction of sp³-hybridized carbons (Fsp3) is 0.625. The summed E-state index contributed by atoms with van der Waals surface area (Å²) in [4.78, 5) is 8.59. The van der Waals surface area contributed by atoms with E-state index in [1.807, 2.05) is 0 Å². The van der Waals surface area contributed by atoms with Gasteiger partial charge in [-0.3, -0.25) is 0 Å². The van der Waals surface area contributed by atoms with Crippen LogP contribution in [-0.4, -0.2) is 20.6 Å². The normalized spacial score (nSPS) is 29.3. The number of aryl methyl sites for hydroxylation is 1. The minimum Gasteiger partial charge on any atom is -0.383 e. The molecule has 0 spiro atoms. The maximum absolute atomic E-state index is 6.29. The summed E-state index contributed by atoms with van der Waals surface area (Å²) < 4.78 is 8.44. The van der Waals surface area contributed by atoms with E-state index in [-0.39, 0.29) is 6.23 Å². The van der Waals surface area contributed by atoms with Crippen molar-refractivity contribution in [2.45, 2.75) is 52.9 Å². The molecule has 2 aromatic rings. The molecule has 0 amide bonds. The predicted octanol–water partition coefficient (Wildman–Crippen LogP) is 3.16. The Balaban J connectivity index is 2.11. The van der Waals surface area contributed by atoms with E-state index in [1.165, 1.54) is 11.9 Å². The Hall–Kier alpha value is -1.62. The molecule has 1 fully saturated rings. The van der Waals surface area contributed by atoms with Crippen LogP contribution >= 0.6 is 0 Å². The summed E-state index contributed by atoms with van der Waals surface area (Å²) in [6.07, 6.45) is 5.97. The Bertz CT molecular complexity index is 651. The van der Waals surface area contributed by atoms with Gasteiger partial charge in [0.25, 0.3) is 0 Å². The first kappa shape index (κ1) is 14.3. The van der Waals surface area contributed by atoms with E-state index < -0.39 is 0 Å². The van der Waals surface area contributed by atoms with Gasteiger partial charge in [-0.2, -0.15) is 0 Å². The molecule has 1 saturated heterocycles.